The average molecular weight is 347 g/mol. The van der Waals surface area contributed by atoms with Crippen LogP contribution in [-0.4, -0.2) is 58.2 Å². The lowest BCUT2D eigenvalue weighted by Crippen LogP contribution is -2.38. The van der Waals surface area contributed by atoms with Gasteiger partial charge in [-0.1, -0.05) is 49.2 Å². The van der Waals surface area contributed by atoms with E-state index in [0.717, 1.165) is 49.9 Å². The molecule has 130 valence electrons. The molecule has 2 amide bonds. The lowest BCUT2D eigenvalue weighted by Gasteiger charge is -2.23. The van der Waals surface area contributed by atoms with Gasteiger partial charge in [-0.15, -0.1) is 10.2 Å². The molecule has 1 atom stereocenters. The van der Waals surface area contributed by atoms with E-state index in [2.05, 4.69) is 32.6 Å². The van der Waals surface area contributed by atoms with Gasteiger partial charge >= 0.3 is 6.03 Å². The molecule has 7 heteroatoms. The minimum atomic E-state index is -0.0341. The summed E-state index contributed by atoms with van der Waals surface area (Å²) in [7, 11) is 0. The molecule has 0 radical (unpaired) electrons. The summed E-state index contributed by atoms with van der Waals surface area (Å²) in [6.07, 6.45) is 11.8. The van der Waals surface area contributed by atoms with E-state index < -0.39 is 0 Å². The van der Waals surface area contributed by atoms with E-state index >= 15 is 0 Å². The molecule has 0 aromatic carbocycles. The highest BCUT2D eigenvalue weighted by Gasteiger charge is 2.31. The van der Waals surface area contributed by atoms with E-state index in [-0.39, 0.29) is 6.03 Å². The second-order valence-electron chi connectivity index (χ2n) is 7.10. The number of rotatable bonds is 4. The Morgan fingerprint density at radius 3 is 2.79 bits per heavy atom. The number of carbonyl (C=O) groups is 1. The van der Waals surface area contributed by atoms with Crippen molar-refractivity contribution in [3.63, 3.8) is 0 Å². The highest BCUT2D eigenvalue weighted by molar-refractivity contribution is 7.15. The third-order valence-corrected chi connectivity index (χ3v) is 6.29. The van der Waals surface area contributed by atoms with Gasteiger partial charge in [0.05, 0.1) is 0 Å². The maximum absolute atomic E-state index is 12.4. The Morgan fingerprint density at radius 1 is 1.21 bits per heavy atom. The third kappa shape index (κ3) is 3.62. The third-order valence-electron chi connectivity index (χ3n) is 5.43. The molecule has 1 saturated heterocycles. The standard InChI is InChI=1S/C17H25N5OS/c23-17(22-10-7-14(12-22)21-8-3-4-9-21)18-16-20-19-15(24-16)11-13-5-1-2-6-13/h3-4,13-14H,1-2,5-12H2,(H,18,20,23). The summed E-state index contributed by atoms with van der Waals surface area (Å²) >= 11 is 1.53. The van der Waals surface area contributed by atoms with Crippen molar-refractivity contribution < 1.29 is 4.79 Å². The van der Waals surface area contributed by atoms with Crippen molar-refractivity contribution in [1.82, 2.24) is 20.0 Å². The Morgan fingerprint density at radius 2 is 2.00 bits per heavy atom. The predicted molar refractivity (Wildman–Crippen MR) is 95.3 cm³/mol. The average Bonchev–Trinajstić information content (AvgIpc) is 3.36. The van der Waals surface area contributed by atoms with Gasteiger partial charge in [0.1, 0.15) is 5.01 Å². The van der Waals surface area contributed by atoms with Crippen molar-refractivity contribution in [2.24, 2.45) is 5.92 Å². The Kier molecular flexibility index (Phi) is 4.80. The van der Waals surface area contributed by atoms with Crippen molar-refractivity contribution in [2.45, 2.75) is 44.6 Å². The highest BCUT2D eigenvalue weighted by atomic mass is 32.1. The van der Waals surface area contributed by atoms with Crippen molar-refractivity contribution in [3.05, 3.63) is 17.2 Å². The van der Waals surface area contributed by atoms with Crippen molar-refractivity contribution in [2.75, 3.05) is 31.5 Å². The van der Waals surface area contributed by atoms with Gasteiger partial charge in [0.2, 0.25) is 5.13 Å². The maximum Gasteiger partial charge on any atom is 0.323 e. The van der Waals surface area contributed by atoms with Crippen molar-refractivity contribution in [1.29, 1.82) is 0 Å². The van der Waals surface area contributed by atoms with E-state index in [1.54, 1.807) is 0 Å². The summed E-state index contributed by atoms with van der Waals surface area (Å²) in [6.45, 7) is 3.66. The van der Waals surface area contributed by atoms with E-state index in [9.17, 15) is 4.79 Å². The molecule has 0 bridgehead atoms. The van der Waals surface area contributed by atoms with Crippen molar-refractivity contribution in [3.8, 4) is 0 Å². The SMILES string of the molecule is O=C(Nc1nnc(CC2CCCC2)s1)N1CCC(N2CC=CC2)C1. The fourth-order valence-electron chi connectivity index (χ4n) is 4.04. The van der Waals surface area contributed by atoms with Gasteiger partial charge in [-0.25, -0.2) is 4.79 Å². The minimum Gasteiger partial charge on any atom is -0.323 e. The summed E-state index contributed by atoms with van der Waals surface area (Å²) in [5, 5.41) is 13.0. The number of nitrogens with one attached hydrogen (secondary N) is 1. The van der Waals surface area contributed by atoms with Crippen LogP contribution in [-0.2, 0) is 6.42 Å². The summed E-state index contributed by atoms with van der Waals surface area (Å²) in [5.41, 5.74) is 0. The monoisotopic (exact) mass is 347 g/mol. The number of carbonyl (C=O) groups excluding carboxylic acids is 1. The summed E-state index contributed by atoms with van der Waals surface area (Å²) < 4.78 is 0. The maximum atomic E-state index is 12.4. The fourth-order valence-corrected chi connectivity index (χ4v) is 4.88. The molecule has 2 aliphatic heterocycles. The first-order chi connectivity index (χ1) is 11.8. The molecule has 3 heterocycles. The van der Waals surface area contributed by atoms with Crippen LogP contribution in [0.4, 0.5) is 9.93 Å². The molecule has 24 heavy (non-hydrogen) atoms. The smallest absolute Gasteiger partial charge is 0.323 e. The first kappa shape index (κ1) is 16.0. The predicted octanol–water partition coefficient (Wildman–Crippen LogP) is 2.75. The van der Waals surface area contributed by atoms with Crippen LogP contribution in [0.1, 0.15) is 37.1 Å². The van der Waals surface area contributed by atoms with Gasteiger partial charge in [-0.2, -0.15) is 0 Å². The zero-order valence-electron chi connectivity index (χ0n) is 14.0. The largest absolute Gasteiger partial charge is 0.323 e. The van der Waals surface area contributed by atoms with Gasteiger partial charge in [-0.05, 0) is 12.3 Å². The zero-order chi connectivity index (χ0) is 16.4. The Balaban J connectivity index is 1.27. The summed E-state index contributed by atoms with van der Waals surface area (Å²) in [5.74, 6) is 0.759. The molecule has 1 aromatic heterocycles. The zero-order valence-corrected chi connectivity index (χ0v) is 14.8. The number of nitrogens with zero attached hydrogens (tertiary/aromatic N) is 4. The van der Waals surface area contributed by atoms with Crippen LogP contribution >= 0.6 is 11.3 Å². The van der Waals surface area contributed by atoms with Crippen LogP contribution in [0.2, 0.25) is 0 Å². The molecule has 6 nitrogen and oxygen atoms in total. The van der Waals surface area contributed by atoms with Crippen LogP contribution in [0, 0.1) is 5.92 Å². The fraction of sp³-hybridized carbons (Fsp3) is 0.706. The number of hydrogen-bond acceptors (Lipinski definition) is 5. The van der Waals surface area contributed by atoms with Gasteiger partial charge in [-0.3, -0.25) is 10.2 Å². The van der Waals surface area contributed by atoms with E-state index in [1.807, 2.05) is 4.90 Å². The lowest BCUT2D eigenvalue weighted by atomic mass is 10.1. The molecule has 1 N–H and O–H groups in total. The van der Waals surface area contributed by atoms with Gasteiger partial charge in [0, 0.05) is 38.6 Å². The van der Waals surface area contributed by atoms with E-state index in [4.69, 9.17) is 0 Å². The van der Waals surface area contributed by atoms with Crippen LogP contribution < -0.4 is 5.32 Å². The second-order valence-corrected chi connectivity index (χ2v) is 8.16. The van der Waals surface area contributed by atoms with Gasteiger partial charge in [0.25, 0.3) is 0 Å². The normalized spacial score (nSPS) is 25.0. The minimum absolute atomic E-state index is 0.0341. The first-order valence-electron chi connectivity index (χ1n) is 9.05. The topological polar surface area (TPSA) is 61.4 Å². The van der Waals surface area contributed by atoms with Crippen LogP contribution in [0.25, 0.3) is 0 Å². The number of urea groups is 1. The summed E-state index contributed by atoms with van der Waals surface area (Å²) in [4.78, 5) is 16.8. The molecule has 1 saturated carbocycles. The van der Waals surface area contributed by atoms with Crippen LogP contribution in [0.5, 0.6) is 0 Å². The van der Waals surface area contributed by atoms with Gasteiger partial charge in [0.15, 0.2) is 0 Å². The number of aromatic nitrogens is 2. The highest BCUT2D eigenvalue weighted by Crippen LogP contribution is 2.29. The number of hydrogen-bond donors (Lipinski definition) is 1. The molecule has 1 aromatic rings. The summed E-state index contributed by atoms with van der Waals surface area (Å²) in [6, 6.07) is 0.450. The molecule has 0 spiro atoms. The van der Waals surface area contributed by atoms with Crippen LogP contribution in [0.15, 0.2) is 12.2 Å². The second kappa shape index (κ2) is 7.19. The number of likely N-dealkylation sites (tertiary alicyclic amines) is 1. The Bertz CT molecular complexity index is 602. The van der Waals surface area contributed by atoms with Gasteiger partial charge < -0.3 is 4.90 Å². The lowest BCUT2D eigenvalue weighted by molar-refractivity contribution is 0.212. The number of anilines is 1. The quantitative estimate of drug-likeness (QED) is 0.851. The first-order valence-corrected chi connectivity index (χ1v) is 9.87. The molecule has 4 rings (SSSR count). The van der Waals surface area contributed by atoms with E-state index in [1.165, 1.54) is 37.0 Å². The molecule has 1 aliphatic carbocycles. The van der Waals surface area contributed by atoms with Crippen molar-refractivity contribution >= 4 is 22.5 Å². The van der Waals surface area contributed by atoms with Crippen LogP contribution in [0.3, 0.4) is 0 Å². The molecule has 3 aliphatic rings. The Labute approximate surface area is 146 Å². The molecule has 2 fully saturated rings. The van der Waals surface area contributed by atoms with E-state index in [0.29, 0.717) is 11.2 Å². The number of amides is 2. The molecular formula is C17H25N5OS. The molecule has 1 unspecified atom stereocenters. The Hall–Kier alpha value is -1.47. The molecular weight excluding hydrogens is 322 g/mol.